The molecular weight excluding hydrogens is 477 g/mol. The first-order valence-electron chi connectivity index (χ1n) is 11.0. The number of hydrogen-bond donors (Lipinski definition) is 2. The third kappa shape index (κ3) is 7.27. The van der Waals surface area contributed by atoms with Crippen LogP contribution in [0.3, 0.4) is 0 Å². The molecule has 35 heavy (non-hydrogen) atoms. The van der Waals surface area contributed by atoms with Crippen molar-refractivity contribution in [1.82, 2.24) is 15.3 Å². The van der Waals surface area contributed by atoms with Crippen LogP contribution in [-0.2, 0) is 4.79 Å². The summed E-state index contributed by atoms with van der Waals surface area (Å²) in [5.74, 6) is 0.207. The van der Waals surface area contributed by atoms with Crippen molar-refractivity contribution < 1.29 is 28.5 Å². The number of carboxylic acids is 1. The van der Waals surface area contributed by atoms with Gasteiger partial charge in [-0.15, -0.1) is 0 Å². The number of hydrogen-bond acceptors (Lipinski definition) is 7. The van der Waals surface area contributed by atoms with Crippen LogP contribution >= 0.6 is 11.6 Å². The van der Waals surface area contributed by atoms with Crippen LogP contribution in [0.25, 0.3) is 11.1 Å². The highest BCUT2D eigenvalue weighted by molar-refractivity contribution is 6.31. The topological polar surface area (TPSA) is 103 Å². The second-order valence-electron chi connectivity index (χ2n) is 7.91. The van der Waals surface area contributed by atoms with Crippen LogP contribution in [0, 0.1) is 5.82 Å². The van der Waals surface area contributed by atoms with E-state index in [-0.39, 0.29) is 17.9 Å². The first-order chi connectivity index (χ1) is 16.8. The van der Waals surface area contributed by atoms with E-state index in [0.717, 1.165) is 19.4 Å². The van der Waals surface area contributed by atoms with Crippen LogP contribution in [0.5, 0.6) is 23.3 Å². The molecule has 2 aromatic heterocycles. The zero-order valence-corrected chi connectivity index (χ0v) is 20.4. The van der Waals surface area contributed by atoms with Crippen LogP contribution in [0.15, 0.2) is 48.8 Å². The van der Waals surface area contributed by atoms with Crippen LogP contribution in [0.2, 0.25) is 5.02 Å². The Morgan fingerprint density at radius 2 is 2.00 bits per heavy atom. The van der Waals surface area contributed by atoms with Gasteiger partial charge < -0.3 is 24.6 Å². The van der Waals surface area contributed by atoms with E-state index in [0.29, 0.717) is 33.7 Å². The Hall–Kier alpha value is -3.43. The van der Waals surface area contributed by atoms with Crippen molar-refractivity contribution in [2.45, 2.75) is 38.8 Å². The minimum absolute atomic E-state index is 0.0605. The smallest absolute Gasteiger partial charge is 0.320 e. The van der Waals surface area contributed by atoms with Crippen molar-refractivity contribution in [3.63, 3.8) is 0 Å². The third-order valence-electron chi connectivity index (χ3n) is 4.91. The average Bonchev–Trinajstić information content (AvgIpc) is 3.37. The molecule has 0 bridgehead atoms. The first kappa shape index (κ1) is 26.2. The van der Waals surface area contributed by atoms with Crippen molar-refractivity contribution >= 4 is 17.6 Å². The fourth-order valence-electron chi connectivity index (χ4n) is 3.36. The standard InChI is InChI=1S/C20H18ClFN2O3.C5H9NO2/c1-12(2)26-20-17(21)10-14(11-24-20)27-18-9-13(22)6-7-15(18)16-5-4-8-23-19(16)25-3;7-5(8)4-2-1-3-6-4/h4-12H,1-3H3;4,6H,1-3H2,(H,7,8). The number of methoxy groups -OCH3 is 1. The minimum atomic E-state index is -0.720. The second kappa shape index (κ2) is 12.3. The molecule has 10 heteroatoms. The van der Waals surface area contributed by atoms with Crippen LogP contribution in [0.1, 0.15) is 26.7 Å². The summed E-state index contributed by atoms with van der Waals surface area (Å²) in [5.41, 5.74) is 1.30. The van der Waals surface area contributed by atoms with Crippen LogP contribution < -0.4 is 19.5 Å². The molecule has 8 nitrogen and oxygen atoms in total. The van der Waals surface area contributed by atoms with Gasteiger partial charge in [0.25, 0.3) is 0 Å². The summed E-state index contributed by atoms with van der Waals surface area (Å²) in [4.78, 5) is 18.5. The van der Waals surface area contributed by atoms with Gasteiger partial charge in [-0.25, -0.2) is 14.4 Å². The van der Waals surface area contributed by atoms with Gasteiger partial charge in [0.15, 0.2) is 0 Å². The number of nitrogens with zero attached hydrogens (tertiary/aromatic N) is 2. The first-order valence-corrected chi connectivity index (χ1v) is 11.4. The molecule has 186 valence electrons. The third-order valence-corrected chi connectivity index (χ3v) is 5.18. The maximum atomic E-state index is 13.8. The highest BCUT2D eigenvalue weighted by Gasteiger charge is 2.20. The summed E-state index contributed by atoms with van der Waals surface area (Å²) < 4.78 is 30.5. The molecule has 1 atom stereocenters. The molecule has 0 aliphatic carbocycles. The van der Waals surface area contributed by atoms with E-state index in [9.17, 15) is 9.18 Å². The molecule has 0 spiro atoms. The Kier molecular flexibility index (Phi) is 9.22. The van der Waals surface area contributed by atoms with Gasteiger partial charge in [0.05, 0.1) is 19.4 Å². The van der Waals surface area contributed by atoms with Gasteiger partial charge in [-0.05, 0) is 57.5 Å². The maximum Gasteiger partial charge on any atom is 0.320 e. The summed E-state index contributed by atoms with van der Waals surface area (Å²) in [6.07, 6.45) is 4.81. The Bertz CT molecular complexity index is 1160. The largest absolute Gasteiger partial charge is 0.481 e. The average molecular weight is 504 g/mol. The van der Waals surface area contributed by atoms with Gasteiger partial charge >= 0.3 is 5.97 Å². The molecule has 0 radical (unpaired) electrons. The molecule has 0 saturated carbocycles. The van der Waals surface area contributed by atoms with Crippen molar-refractivity contribution in [2.24, 2.45) is 0 Å². The number of carbonyl (C=O) groups is 1. The zero-order valence-electron chi connectivity index (χ0n) is 19.6. The number of ether oxygens (including phenoxy) is 3. The van der Waals surface area contributed by atoms with E-state index in [2.05, 4.69) is 15.3 Å². The number of aliphatic carboxylic acids is 1. The lowest BCUT2D eigenvalue weighted by molar-refractivity contribution is -0.139. The molecule has 3 aromatic rings. The number of aromatic nitrogens is 2. The van der Waals surface area contributed by atoms with Crippen molar-refractivity contribution in [3.05, 3.63) is 59.6 Å². The number of benzene rings is 1. The SMILES string of the molecule is COc1ncccc1-c1ccc(F)cc1Oc1cnc(OC(C)C)c(Cl)c1.O=C(O)C1CCCN1. The maximum absolute atomic E-state index is 13.8. The van der Waals surface area contributed by atoms with Crippen molar-refractivity contribution in [3.8, 4) is 34.4 Å². The lowest BCUT2D eigenvalue weighted by Crippen LogP contribution is -2.29. The predicted octanol–water partition coefficient (Wildman–Crippen LogP) is 5.35. The monoisotopic (exact) mass is 503 g/mol. The van der Waals surface area contributed by atoms with Gasteiger partial charge in [-0.1, -0.05) is 11.6 Å². The van der Waals surface area contributed by atoms with Crippen LogP contribution in [-0.4, -0.2) is 46.8 Å². The number of pyridine rings is 2. The van der Waals surface area contributed by atoms with E-state index in [1.165, 1.54) is 25.4 Å². The molecule has 1 aliphatic heterocycles. The summed E-state index contributed by atoms with van der Waals surface area (Å²) in [7, 11) is 1.52. The predicted molar refractivity (Wildman–Crippen MR) is 130 cm³/mol. The summed E-state index contributed by atoms with van der Waals surface area (Å²) in [6, 6.07) is 9.12. The lowest BCUT2D eigenvalue weighted by Gasteiger charge is -2.14. The highest BCUT2D eigenvalue weighted by Crippen LogP contribution is 2.38. The molecule has 2 N–H and O–H groups in total. The van der Waals surface area contributed by atoms with Crippen molar-refractivity contribution in [2.75, 3.05) is 13.7 Å². The lowest BCUT2D eigenvalue weighted by atomic mass is 10.1. The fourth-order valence-corrected chi connectivity index (χ4v) is 3.56. The summed E-state index contributed by atoms with van der Waals surface area (Å²) in [6.45, 7) is 4.61. The Morgan fingerprint density at radius 1 is 1.20 bits per heavy atom. The van der Waals surface area contributed by atoms with Gasteiger partial charge in [-0.2, -0.15) is 0 Å². The minimum Gasteiger partial charge on any atom is -0.481 e. The van der Waals surface area contributed by atoms with E-state index in [4.69, 9.17) is 30.9 Å². The molecule has 3 heterocycles. The number of rotatable bonds is 7. The van der Waals surface area contributed by atoms with E-state index in [1.807, 2.05) is 19.9 Å². The molecule has 1 fully saturated rings. The molecule has 1 aliphatic rings. The molecule has 1 unspecified atom stereocenters. The Morgan fingerprint density at radius 3 is 2.60 bits per heavy atom. The zero-order chi connectivity index (χ0) is 25.4. The van der Waals surface area contributed by atoms with E-state index in [1.54, 1.807) is 24.4 Å². The van der Waals surface area contributed by atoms with Crippen LogP contribution in [0.4, 0.5) is 4.39 Å². The quantitative estimate of drug-likeness (QED) is 0.445. The molecule has 0 amide bonds. The molecule has 4 rings (SSSR count). The molecule has 1 aromatic carbocycles. The Balaban J connectivity index is 0.000000363. The molecular formula is C25H27ClFN3O5. The van der Waals surface area contributed by atoms with Gasteiger partial charge in [0.2, 0.25) is 11.8 Å². The normalized spacial score (nSPS) is 14.7. The molecule has 1 saturated heterocycles. The van der Waals surface area contributed by atoms with Gasteiger partial charge in [0.1, 0.15) is 28.4 Å². The summed E-state index contributed by atoms with van der Waals surface area (Å²) >= 11 is 6.20. The highest BCUT2D eigenvalue weighted by atomic mass is 35.5. The Labute approximate surface area is 208 Å². The number of nitrogens with one attached hydrogen (secondary N) is 1. The fraction of sp³-hybridized carbons (Fsp3) is 0.320. The van der Waals surface area contributed by atoms with Gasteiger partial charge in [0, 0.05) is 29.5 Å². The summed E-state index contributed by atoms with van der Waals surface area (Å²) in [5, 5.41) is 11.5. The number of halogens is 2. The van der Waals surface area contributed by atoms with E-state index < -0.39 is 11.8 Å². The second-order valence-corrected chi connectivity index (χ2v) is 8.32. The number of carboxylic acid groups (broad SMARTS) is 1. The van der Waals surface area contributed by atoms with Gasteiger partial charge in [-0.3, -0.25) is 4.79 Å². The van der Waals surface area contributed by atoms with Crippen molar-refractivity contribution in [1.29, 1.82) is 0 Å². The van der Waals surface area contributed by atoms with E-state index >= 15 is 0 Å².